The number of aliphatic hydroxyl groups is 2. The third-order valence-corrected chi connectivity index (χ3v) is 10.0. The number of aromatic nitrogens is 4. The zero-order valence-corrected chi connectivity index (χ0v) is 29.7. The van der Waals surface area contributed by atoms with Crippen molar-refractivity contribution < 1.29 is 75.7 Å². The van der Waals surface area contributed by atoms with Crippen LogP contribution >= 0.6 is 23.5 Å². The zero-order chi connectivity index (χ0) is 36.9. The summed E-state index contributed by atoms with van der Waals surface area (Å²) in [6, 6.07) is 0. The highest BCUT2D eigenvalue weighted by molar-refractivity contribution is 7.61. The topological polar surface area (TPSA) is 321 Å². The lowest BCUT2D eigenvalue weighted by Gasteiger charge is -2.30. The second kappa shape index (κ2) is 16.4. The van der Waals surface area contributed by atoms with Crippen LogP contribution in [0.1, 0.15) is 46.0 Å². The van der Waals surface area contributed by atoms with Crippen LogP contribution in [0.4, 0.5) is 0 Å². The molecule has 2 amide bonds. The van der Waals surface area contributed by atoms with Crippen molar-refractivity contribution in [2.45, 2.75) is 71.7 Å². The highest BCUT2D eigenvalue weighted by atomic mass is 31.3. The predicted molar refractivity (Wildman–Crippen MR) is 165 cm³/mol. The number of nitrogens with one attached hydrogen (secondary N) is 2. The number of hydrogen-bond acceptors (Lipinski definition) is 15. The lowest BCUT2D eigenvalue weighted by atomic mass is 9.87. The Morgan fingerprint density at radius 2 is 1.71 bits per heavy atom. The molecule has 3 heterocycles. The Hall–Kier alpha value is -2.26. The molecule has 7 unspecified atom stereocenters. The van der Waals surface area contributed by atoms with Crippen molar-refractivity contribution >= 4 is 46.4 Å². The number of aryl methyl sites for hydroxylation is 1. The van der Waals surface area contributed by atoms with E-state index in [1.165, 1.54) is 31.1 Å². The van der Waals surface area contributed by atoms with Crippen LogP contribution in [0.25, 0.3) is 11.2 Å². The molecule has 22 nitrogen and oxygen atoms in total. The van der Waals surface area contributed by atoms with E-state index >= 15 is 0 Å². The highest BCUT2D eigenvalue weighted by Gasteiger charge is 2.50. The fourth-order valence-corrected chi connectivity index (χ4v) is 7.19. The summed E-state index contributed by atoms with van der Waals surface area (Å²) in [5, 5.41) is 26.3. The maximum absolute atomic E-state index is 12.6. The van der Waals surface area contributed by atoms with Gasteiger partial charge in [0.2, 0.25) is 11.8 Å². The molecule has 7 atom stereocenters. The first kappa shape index (κ1) is 41.2. The second-order valence-corrected chi connectivity index (χ2v) is 16.4. The molecule has 0 saturated carbocycles. The van der Waals surface area contributed by atoms with Gasteiger partial charge < -0.3 is 45.2 Å². The number of nitrogens with zero attached hydrogens (tertiary/aromatic N) is 4. The molecule has 1 saturated heterocycles. The van der Waals surface area contributed by atoms with E-state index in [4.69, 9.17) is 13.8 Å². The first-order chi connectivity index (χ1) is 22.5. The number of imidazole rings is 1. The van der Waals surface area contributed by atoms with E-state index in [9.17, 15) is 53.1 Å². The molecule has 0 spiro atoms. The number of amides is 2. The van der Waals surface area contributed by atoms with Crippen LogP contribution in [0.2, 0.25) is 0 Å². The second-order valence-electron chi connectivity index (χ2n) is 12.1. The van der Waals surface area contributed by atoms with Crippen LogP contribution in [0.5, 0.6) is 0 Å². The number of carbonyl (C=O) groups excluding carboxylic acids is 2. The van der Waals surface area contributed by atoms with Crippen LogP contribution in [0, 0.1) is 18.3 Å². The van der Waals surface area contributed by atoms with Gasteiger partial charge in [0, 0.05) is 24.9 Å². The van der Waals surface area contributed by atoms with Crippen molar-refractivity contribution in [1.29, 1.82) is 0 Å². The third-order valence-electron chi connectivity index (χ3n) is 6.94. The minimum Gasteiger partial charge on any atom is -0.386 e. The summed E-state index contributed by atoms with van der Waals surface area (Å²) in [6.07, 6.45) is -6.32. The Morgan fingerprint density at radius 1 is 1.06 bits per heavy atom. The van der Waals surface area contributed by atoms with Crippen molar-refractivity contribution in [2.24, 2.45) is 11.3 Å². The Kier molecular flexibility index (Phi) is 13.8. The molecule has 3 rings (SSSR count). The molecule has 1 aliphatic rings. The van der Waals surface area contributed by atoms with E-state index in [1.54, 1.807) is 6.92 Å². The molecule has 0 bridgehead atoms. The van der Waals surface area contributed by atoms with Gasteiger partial charge in [-0.3, -0.25) is 27.7 Å². The fraction of sp³-hybridized carbons (Fsp3) is 0.708. The summed E-state index contributed by atoms with van der Waals surface area (Å²) in [6.45, 7) is 6.39. The maximum Gasteiger partial charge on any atom is 0.481 e. The highest BCUT2D eigenvalue weighted by Crippen LogP contribution is 2.61. The molecule has 49 heavy (non-hydrogen) atoms. The summed E-state index contributed by atoms with van der Waals surface area (Å²) >= 11 is 0. The number of phosphoric acid groups is 3. The zero-order valence-electron chi connectivity index (χ0n) is 27.1. The third kappa shape index (κ3) is 11.9. The van der Waals surface area contributed by atoms with Crippen LogP contribution < -0.4 is 10.6 Å². The molecule has 25 heteroatoms. The standard InChI is InChI=1S/C24H41N6O16P3/c1-13(2)8-26-16(31)6-7-25-22(34)20(33)24(4,5)10-43-49(40,41)46-48(38,39)42-9-15-19(45-47(35,36)37)18(32)23(44-15)30-12-29-17-14(3)27-11-28-21(17)30/h11-13,15,18-20,23,32-33H,6-10H2,1-5H3,(H,25,34)(H,26,31)(H,38,39)(H,40,41)(H2,35,36,37). The van der Waals surface area contributed by atoms with Crippen LogP contribution in [-0.4, -0.2) is 112 Å². The van der Waals surface area contributed by atoms with Gasteiger partial charge in [-0.15, -0.1) is 0 Å². The number of carbonyl (C=O) groups is 2. The number of phosphoric ester groups is 3. The number of aliphatic hydroxyl groups excluding tert-OH is 2. The number of fused-ring (bicyclic) bond motifs is 1. The largest absolute Gasteiger partial charge is 0.481 e. The lowest BCUT2D eigenvalue weighted by Crippen LogP contribution is -2.46. The molecule has 2 aromatic heterocycles. The Morgan fingerprint density at radius 3 is 2.35 bits per heavy atom. The van der Waals surface area contributed by atoms with E-state index in [0.29, 0.717) is 17.8 Å². The molecular formula is C24H41N6O16P3. The molecule has 1 fully saturated rings. The minimum atomic E-state index is -5.52. The van der Waals surface area contributed by atoms with Gasteiger partial charge in [0.05, 0.1) is 25.2 Å². The van der Waals surface area contributed by atoms with Crippen molar-refractivity contribution in [3.8, 4) is 0 Å². The fourth-order valence-electron chi connectivity index (χ4n) is 4.36. The smallest absolute Gasteiger partial charge is 0.386 e. The van der Waals surface area contributed by atoms with E-state index in [-0.39, 0.29) is 30.4 Å². The number of ether oxygens (including phenoxy) is 1. The quantitative estimate of drug-likeness (QED) is 0.0911. The number of hydrogen-bond donors (Lipinski definition) is 8. The van der Waals surface area contributed by atoms with Crippen molar-refractivity contribution in [1.82, 2.24) is 30.2 Å². The van der Waals surface area contributed by atoms with Gasteiger partial charge in [-0.05, 0) is 12.8 Å². The van der Waals surface area contributed by atoms with Gasteiger partial charge in [0.1, 0.15) is 36.3 Å². The van der Waals surface area contributed by atoms with Gasteiger partial charge in [0.15, 0.2) is 11.9 Å². The molecule has 2 aromatic rings. The molecule has 0 aliphatic carbocycles. The molecule has 1 aliphatic heterocycles. The van der Waals surface area contributed by atoms with Crippen LogP contribution in [0.15, 0.2) is 12.7 Å². The van der Waals surface area contributed by atoms with Gasteiger partial charge in [0.25, 0.3) is 0 Å². The Labute approximate surface area is 280 Å². The van der Waals surface area contributed by atoms with Crippen LogP contribution in [-0.2, 0) is 45.9 Å². The van der Waals surface area contributed by atoms with Gasteiger partial charge in [-0.2, -0.15) is 4.31 Å². The molecule has 278 valence electrons. The summed E-state index contributed by atoms with van der Waals surface area (Å²) in [4.78, 5) is 75.4. The van der Waals surface area contributed by atoms with Crippen molar-refractivity contribution in [2.75, 3.05) is 26.3 Å². The lowest BCUT2D eigenvalue weighted by molar-refractivity contribution is -0.137. The molecular weight excluding hydrogens is 721 g/mol. The summed E-state index contributed by atoms with van der Waals surface area (Å²) in [5.41, 5.74) is -0.622. The Balaban J connectivity index is 1.59. The summed E-state index contributed by atoms with van der Waals surface area (Å²) in [5.74, 6) is -1.03. The average Bonchev–Trinajstić information content (AvgIpc) is 3.54. The first-order valence-electron chi connectivity index (χ1n) is 14.6. The average molecular weight is 763 g/mol. The Bertz CT molecular complexity index is 1620. The maximum atomic E-state index is 12.6. The van der Waals surface area contributed by atoms with E-state index in [1.807, 2.05) is 13.8 Å². The summed E-state index contributed by atoms with van der Waals surface area (Å²) in [7, 11) is -16.2. The first-order valence-corrected chi connectivity index (χ1v) is 19.1. The van der Waals surface area contributed by atoms with Gasteiger partial charge in [-0.1, -0.05) is 27.7 Å². The molecule has 0 aromatic carbocycles. The normalized spacial score (nSPS) is 23.3. The monoisotopic (exact) mass is 762 g/mol. The number of rotatable bonds is 18. The van der Waals surface area contributed by atoms with Gasteiger partial charge in [-0.25, -0.2) is 28.6 Å². The molecule has 8 N–H and O–H groups in total. The van der Waals surface area contributed by atoms with Crippen LogP contribution in [0.3, 0.4) is 0 Å². The predicted octanol–water partition coefficient (Wildman–Crippen LogP) is -0.213. The van der Waals surface area contributed by atoms with E-state index in [0.717, 1.165) is 0 Å². The van der Waals surface area contributed by atoms with E-state index < -0.39 is 78.6 Å². The molecule has 0 radical (unpaired) electrons. The van der Waals surface area contributed by atoms with E-state index in [2.05, 4.69) is 34.4 Å². The van der Waals surface area contributed by atoms with Crippen molar-refractivity contribution in [3.63, 3.8) is 0 Å². The summed E-state index contributed by atoms with van der Waals surface area (Å²) < 4.78 is 62.0. The minimum absolute atomic E-state index is 0.0691. The van der Waals surface area contributed by atoms with Gasteiger partial charge >= 0.3 is 23.5 Å². The van der Waals surface area contributed by atoms with Crippen molar-refractivity contribution in [3.05, 3.63) is 18.3 Å². The SMILES string of the molecule is Cc1ncnc2c1ncn2C1OC(COP(=O)(O)OP(=O)(O)OCC(C)(C)C(O)C(=O)NCCC(=O)NCC(C)C)C(OP(=O)(O)O)C1O.